The van der Waals surface area contributed by atoms with Gasteiger partial charge in [-0.1, -0.05) is 27.2 Å². The molecule has 4 nitrogen and oxygen atoms in total. The maximum absolute atomic E-state index is 12.4. The minimum atomic E-state index is -3.06. The van der Waals surface area contributed by atoms with Crippen molar-refractivity contribution in [3.05, 3.63) is 0 Å². The van der Waals surface area contributed by atoms with Gasteiger partial charge in [0.2, 0.25) is 10.0 Å². The minimum absolute atomic E-state index is 0.163. The van der Waals surface area contributed by atoms with Crippen LogP contribution in [0.25, 0.3) is 0 Å². The van der Waals surface area contributed by atoms with E-state index in [1.54, 1.807) is 4.31 Å². The van der Waals surface area contributed by atoms with Crippen molar-refractivity contribution in [1.29, 1.82) is 0 Å². The lowest BCUT2D eigenvalue weighted by Gasteiger charge is -2.35. The van der Waals surface area contributed by atoms with Gasteiger partial charge >= 0.3 is 0 Å². The van der Waals surface area contributed by atoms with Crippen molar-refractivity contribution in [2.24, 2.45) is 5.92 Å². The topological polar surface area (TPSA) is 49.4 Å². The normalized spacial score (nSPS) is 22.6. The SMILES string of the molecule is CCNCC1CCCCN1S(=O)(=O)CCC(C)C. The summed E-state index contributed by atoms with van der Waals surface area (Å²) in [4.78, 5) is 0. The molecule has 1 unspecified atom stereocenters. The molecule has 1 fully saturated rings. The smallest absolute Gasteiger partial charge is 0.214 e. The summed E-state index contributed by atoms with van der Waals surface area (Å²) in [6.07, 6.45) is 3.90. The van der Waals surface area contributed by atoms with Gasteiger partial charge in [0, 0.05) is 19.1 Å². The van der Waals surface area contributed by atoms with Crippen LogP contribution in [0.1, 0.15) is 46.5 Å². The second-order valence-electron chi connectivity index (χ2n) is 5.57. The Kier molecular flexibility index (Phi) is 6.60. The highest BCUT2D eigenvalue weighted by Gasteiger charge is 2.31. The van der Waals surface area contributed by atoms with E-state index < -0.39 is 10.0 Å². The van der Waals surface area contributed by atoms with Crippen LogP contribution in [0.5, 0.6) is 0 Å². The van der Waals surface area contributed by atoms with Gasteiger partial charge in [-0.25, -0.2) is 8.42 Å². The van der Waals surface area contributed by atoms with Crippen molar-refractivity contribution >= 4 is 10.0 Å². The number of hydrogen-bond acceptors (Lipinski definition) is 3. The molecule has 0 aromatic carbocycles. The Balaban J connectivity index is 2.63. The fourth-order valence-electron chi connectivity index (χ4n) is 2.36. The van der Waals surface area contributed by atoms with Crippen LogP contribution in [-0.4, -0.2) is 44.2 Å². The molecule has 0 radical (unpaired) electrons. The van der Waals surface area contributed by atoms with Gasteiger partial charge in [-0.05, 0) is 31.7 Å². The highest BCUT2D eigenvalue weighted by molar-refractivity contribution is 7.89. The van der Waals surface area contributed by atoms with E-state index in [1.807, 2.05) is 0 Å². The van der Waals surface area contributed by atoms with Crippen LogP contribution in [0.4, 0.5) is 0 Å². The van der Waals surface area contributed by atoms with Gasteiger partial charge in [-0.3, -0.25) is 0 Å². The highest BCUT2D eigenvalue weighted by atomic mass is 32.2. The summed E-state index contributed by atoms with van der Waals surface area (Å²) in [6, 6.07) is 0.163. The largest absolute Gasteiger partial charge is 0.315 e. The fourth-order valence-corrected chi connectivity index (χ4v) is 4.40. The molecule has 0 aliphatic carbocycles. The molecule has 0 amide bonds. The molecular weight excluding hydrogens is 248 g/mol. The van der Waals surface area contributed by atoms with Crippen molar-refractivity contribution in [1.82, 2.24) is 9.62 Å². The zero-order chi connectivity index (χ0) is 13.6. The van der Waals surface area contributed by atoms with Crippen LogP contribution in [0.15, 0.2) is 0 Å². The van der Waals surface area contributed by atoms with Gasteiger partial charge in [-0.15, -0.1) is 0 Å². The summed E-state index contributed by atoms with van der Waals surface area (Å²) in [6.45, 7) is 8.59. The zero-order valence-electron chi connectivity index (χ0n) is 12.0. The van der Waals surface area contributed by atoms with Crippen molar-refractivity contribution < 1.29 is 8.42 Å². The molecule has 1 atom stereocenters. The Morgan fingerprint density at radius 2 is 2.06 bits per heavy atom. The van der Waals surface area contributed by atoms with Crippen LogP contribution >= 0.6 is 0 Å². The van der Waals surface area contributed by atoms with E-state index in [1.165, 1.54) is 0 Å². The second-order valence-corrected chi connectivity index (χ2v) is 7.61. The Hall–Kier alpha value is -0.130. The third-order valence-electron chi connectivity index (χ3n) is 3.51. The number of rotatable bonds is 7. The van der Waals surface area contributed by atoms with Crippen LogP contribution < -0.4 is 5.32 Å². The average Bonchev–Trinajstić information content (AvgIpc) is 2.34. The Bertz CT molecular complexity index is 328. The molecule has 1 saturated heterocycles. The molecule has 1 heterocycles. The number of nitrogens with one attached hydrogen (secondary N) is 1. The van der Waals surface area contributed by atoms with Gasteiger partial charge in [0.15, 0.2) is 0 Å². The van der Waals surface area contributed by atoms with Crippen LogP contribution in [0.3, 0.4) is 0 Å². The van der Waals surface area contributed by atoms with Crippen LogP contribution in [0, 0.1) is 5.92 Å². The first kappa shape index (κ1) is 15.9. The van der Waals surface area contributed by atoms with Crippen LogP contribution in [-0.2, 0) is 10.0 Å². The van der Waals surface area contributed by atoms with Gasteiger partial charge in [0.25, 0.3) is 0 Å². The summed E-state index contributed by atoms with van der Waals surface area (Å²) in [7, 11) is -3.06. The summed E-state index contributed by atoms with van der Waals surface area (Å²) in [5, 5.41) is 3.28. The van der Waals surface area contributed by atoms with E-state index in [4.69, 9.17) is 0 Å². The Morgan fingerprint density at radius 3 is 2.67 bits per heavy atom. The molecule has 108 valence electrons. The summed E-state index contributed by atoms with van der Waals surface area (Å²) < 4.78 is 26.5. The molecule has 1 rings (SSSR count). The molecule has 1 aliphatic heterocycles. The Labute approximate surface area is 112 Å². The zero-order valence-corrected chi connectivity index (χ0v) is 12.8. The van der Waals surface area contributed by atoms with E-state index in [-0.39, 0.29) is 6.04 Å². The monoisotopic (exact) mass is 276 g/mol. The lowest BCUT2D eigenvalue weighted by molar-refractivity contribution is 0.246. The lowest BCUT2D eigenvalue weighted by Crippen LogP contribution is -2.49. The van der Waals surface area contributed by atoms with Gasteiger partial charge in [-0.2, -0.15) is 4.31 Å². The number of piperidine rings is 1. The molecule has 0 aromatic rings. The third kappa shape index (κ3) is 4.86. The fraction of sp³-hybridized carbons (Fsp3) is 1.00. The second kappa shape index (κ2) is 7.46. The maximum atomic E-state index is 12.4. The van der Waals surface area contributed by atoms with Crippen LogP contribution in [0.2, 0.25) is 0 Å². The number of likely N-dealkylation sites (N-methyl/N-ethyl adjacent to an activating group) is 1. The predicted octanol–water partition coefficient (Wildman–Crippen LogP) is 1.83. The quantitative estimate of drug-likeness (QED) is 0.772. The molecule has 1 aliphatic rings. The first-order valence-electron chi connectivity index (χ1n) is 7.17. The van der Waals surface area contributed by atoms with Crippen molar-refractivity contribution in [3.63, 3.8) is 0 Å². The molecule has 0 bridgehead atoms. The first-order valence-corrected chi connectivity index (χ1v) is 8.78. The molecule has 0 spiro atoms. The predicted molar refractivity (Wildman–Crippen MR) is 76.1 cm³/mol. The average molecular weight is 276 g/mol. The van der Waals surface area contributed by atoms with Crippen molar-refractivity contribution in [3.8, 4) is 0 Å². The molecule has 5 heteroatoms. The molecule has 18 heavy (non-hydrogen) atoms. The van der Waals surface area contributed by atoms with Gasteiger partial charge < -0.3 is 5.32 Å². The summed E-state index contributed by atoms with van der Waals surface area (Å²) in [5.74, 6) is 0.740. The molecule has 1 N–H and O–H groups in total. The maximum Gasteiger partial charge on any atom is 0.214 e. The van der Waals surface area contributed by atoms with Crippen molar-refractivity contribution in [2.45, 2.75) is 52.5 Å². The van der Waals surface area contributed by atoms with E-state index in [0.29, 0.717) is 18.2 Å². The molecule has 0 aromatic heterocycles. The van der Waals surface area contributed by atoms with Gasteiger partial charge in [0.05, 0.1) is 5.75 Å². The van der Waals surface area contributed by atoms with E-state index in [0.717, 1.165) is 38.8 Å². The molecule has 0 saturated carbocycles. The van der Waals surface area contributed by atoms with Gasteiger partial charge in [0.1, 0.15) is 0 Å². The standard InChI is InChI=1S/C13H28N2O2S/c1-4-14-11-13-7-5-6-9-15(13)18(16,17)10-8-12(2)3/h12-14H,4-11H2,1-3H3. The summed E-state index contributed by atoms with van der Waals surface area (Å²) >= 11 is 0. The number of nitrogens with zero attached hydrogens (tertiary/aromatic N) is 1. The van der Waals surface area contributed by atoms with E-state index in [9.17, 15) is 8.42 Å². The number of sulfonamides is 1. The Morgan fingerprint density at radius 1 is 1.33 bits per heavy atom. The van der Waals surface area contributed by atoms with E-state index >= 15 is 0 Å². The third-order valence-corrected chi connectivity index (χ3v) is 5.46. The summed E-state index contributed by atoms with van der Waals surface area (Å²) in [5.41, 5.74) is 0. The first-order chi connectivity index (χ1) is 8.47. The lowest BCUT2D eigenvalue weighted by atomic mass is 10.1. The minimum Gasteiger partial charge on any atom is -0.315 e. The van der Waals surface area contributed by atoms with Crippen molar-refractivity contribution in [2.75, 3.05) is 25.4 Å². The molecular formula is C13H28N2O2S. The van der Waals surface area contributed by atoms with E-state index in [2.05, 4.69) is 26.1 Å². The number of hydrogen-bond donors (Lipinski definition) is 1. The highest BCUT2D eigenvalue weighted by Crippen LogP contribution is 2.21.